The molecule has 0 bridgehead atoms. The highest BCUT2D eigenvalue weighted by atomic mass is 16.5. The molecule has 0 saturated carbocycles. The van der Waals surface area contributed by atoms with Gasteiger partial charge in [-0.2, -0.15) is 0 Å². The van der Waals surface area contributed by atoms with Gasteiger partial charge in [0.25, 0.3) is 5.91 Å². The van der Waals surface area contributed by atoms with Gasteiger partial charge in [0, 0.05) is 13.1 Å². The second kappa shape index (κ2) is 7.23. The molecule has 0 N–H and O–H groups in total. The summed E-state index contributed by atoms with van der Waals surface area (Å²) in [6.45, 7) is 7.54. The van der Waals surface area contributed by atoms with Crippen LogP contribution in [-0.4, -0.2) is 58.2 Å². The number of carbonyl (C=O) groups excluding carboxylic acids is 1. The summed E-state index contributed by atoms with van der Waals surface area (Å²) in [5.41, 5.74) is 2.51. The number of hydrogen-bond acceptors (Lipinski definition) is 5. The van der Waals surface area contributed by atoms with E-state index in [9.17, 15) is 4.79 Å². The summed E-state index contributed by atoms with van der Waals surface area (Å²) in [6, 6.07) is 8.15. The number of ether oxygens (including phenoxy) is 2. The van der Waals surface area contributed by atoms with Crippen molar-refractivity contribution in [3.63, 3.8) is 0 Å². The first-order chi connectivity index (χ1) is 12.0. The number of morpholine rings is 1. The maximum atomic E-state index is 12.9. The van der Waals surface area contributed by atoms with Gasteiger partial charge < -0.3 is 14.4 Å². The summed E-state index contributed by atoms with van der Waals surface area (Å²) in [5.74, 6) is 0.214. The molecule has 0 unspecified atom stereocenters. The van der Waals surface area contributed by atoms with Crippen molar-refractivity contribution < 1.29 is 14.3 Å². The molecular formula is C18H24N4O3. The molecule has 7 nitrogen and oxygen atoms in total. The Morgan fingerprint density at radius 2 is 1.88 bits per heavy atom. The number of nitrogens with zero attached hydrogens (tertiary/aromatic N) is 4. The second-order valence-corrected chi connectivity index (χ2v) is 6.56. The lowest BCUT2D eigenvalue weighted by Crippen LogP contribution is -2.48. The summed E-state index contributed by atoms with van der Waals surface area (Å²) in [5, 5.41) is 8.20. The van der Waals surface area contributed by atoms with Gasteiger partial charge >= 0.3 is 0 Å². The molecule has 7 heteroatoms. The smallest absolute Gasteiger partial charge is 0.280 e. The van der Waals surface area contributed by atoms with Crippen LogP contribution in [0.2, 0.25) is 0 Å². The average molecular weight is 344 g/mol. The number of benzene rings is 1. The van der Waals surface area contributed by atoms with E-state index in [-0.39, 0.29) is 23.8 Å². The van der Waals surface area contributed by atoms with Crippen molar-refractivity contribution >= 4 is 5.91 Å². The predicted octanol–water partition coefficient (Wildman–Crippen LogP) is 1.89. The van der Waals surface area contributed by atoms with Gasteiger partial charge in [0.2, 0.25) is 11.6 Å². The molecule has 1 saturated heterocycles. The van der Waals surface area contributed by atoms with Crippen LogP contribution in [0.4, 0.5) is 0 Å². The van der Waals surface area contributed by atoms with Gasteiger partial charge in [0.15, 0.2) is 0 Å². The fourth-order valence-corrected chi connectivity index (χ4v) is 3.10. The van der Waals surface area contributed by atoms with Crippen LogP contribution in [0.25, 0.3) is 0 Å². The third-order valence-electron chi connectivity index (χ3n) is 4.25. The Balaban J connectivity index is 1.81. The van der Waals surface area contributed by atoms with E-state index >= 15 is 0 Å². The first kappa shape index (κ1) is 17.4. The van der Waals surface area contributed by atoms with Gasteiger partial charge in [-0.25, -0.2) is 4.68 Å². The molecule has 25 heavy (non-hydrogen) atoms. The van der Waals surface area contributed by atoms with Gasteiger partial charge in [0.1, 0.15) is 0 Å². The van der Waals surface area contributed by atoms with Crippen LogP contribution in [0.15, 0.2) is 24.3 Å². The Labute approximate surface area is 147 Å². The van der Waals surface area contributed by atoms with Crippen LogP contribution in [0.5, 0.6) is 5.88 Å². The molecule has 1 aliphatic heterocycles. The Kier molecular flexibility index (Phi) is 5.03. The van der Waals surface area contributed by atoms with Crippen molar-refractivity contribution in [1.29, 1.82) is 0 Å². The summed E-state index contributed by atoms with van der Waals surface area (Å²) >= 11 is 0. The fraction of sp³-hybridized carbons (Fsp3) is 0.500. The Bertz CT molecular complexity index is 731. The van der Waals surface area contributed by atoms with E-state index in [4.69, 9.17) is 9.47 Å². The lowest BCUT2D eigenvalue weighted by atomic mass is 10.1. The Hall–Kier alpha value is -2.41. The summed E-state index contributed by atoms with van der Waals surface area (Å²) in [6.07, 6.45) is 0.00240. The van der Waals surface area contributed by atoms with Gasteiger partial charge in [-0.3, -0.25) is 4.79 Å². The van der Waals surface area contributed by atoms with Gasteiger partial charge in [-0.1, -0.05) is 35.0 Å². The highest BCUT2D eigenvalue weighted by molar-refractivity contribution is 5.94. The van der Waals surface area contributed by atoms with Gasteiger partial charge in [-0.15, -0.1) is 5.10 Å². The molecule has 1 fully saturated rings. The van der Waals surface area contributed by atoms with Crippen LogP contribution in [0.1, 0.15) is 35.5 Å². The van der Waals surface area contributed by atoms with Gasteiger partial charge in [-0.05, 0) is 26.3 Å². The lowest BCUT2D eigenvalue weighted by molar-refractivity contribution is -0.0588. The van der Waals surface area contributed by atoms with E-state index < -0.39 is 0 Å². The van der Waals surface area contributed by atoms with E-state index in [1.165, 1.54) is 12.7 Å². The maximum absolute atomic E-state index is 12.9. The topological polar surface area (TPSA) is 69.5 Å². The van der Waals surface area contributed by atoms with Crippen molar-refractivity contribution in [3.05, 3.63) is 41.1 Å². The molecular weight excluding hydrogens is 320 g/mol. The number of rotatable bonds is 4. The minimum absolute atomic E-state index is 0.00120. The zero-order chi connectivity index (χ0) is 18.0. The van der Waals surface area contributed by atoms with Crippen molar-refractivity contribution in [2.24, 2.45) is 0 Å². The van der Waals surface area contributed by atoms with E-state index in [1.807, 2.05) is 45.0 Å². The predicted molar refractivity (Wildman–Crippen MR) is 92.8 cm³/mol. The van der Waals surface area contributed by atoms with Crippen LogP contribution in [0, 0.1) is 6.92 Å². The summed E-state index contributed by atoms with van der Waals surface area (Å²) < 4.78 is 12.7. The van der Waals surface area contributed by atoms with Crippen LogP contribution in [-0.2, 0) is 11.3 Å². The third-order valence-corrected chi connectivity index (χ3v) is 4.25. The highest BCUT2D eigenvalue weighted by Gasteiger charge is 2.31. The minimum atomic E-state index is -0.172. The van der Waals surface area contributed by atoms with E-state index in [0.717, 1.165) is 5.56 Å². The van der Waals surface area contributed by atoms with Crippen molar-refractivity contribution in [1.82, 2.24) is 19.9 Å². The molecule has 134 valence electrons. The highest BCUT2D eigenvalue weighted by Crippen LogP contribution is 2.21. The standard InChI is InChI=1S/C18H24N4O3/c1-12-5-7-15(8-6-12)11-22-18(24-4)16(19-20-22)17(23)21-9-13(2)25-14(3)10-21/h5-8,13-14H,9-11H2,1-4H3/t13-,14-/m1/s1. The number of aryl methyl sites for hydroxylation is 1. The number of carbonyl (C=O) groups is 1. The first-order valence-corrected chi connectivity index (χ1v) is 8.45. The van der Waals surface area contributed by atoms with Crippen molar-refractivity contribution in [2.75, 3.05) is 20.2 Å². The molecule has 0 aliphatic carbocycles. The zero-order valence-electron chi connectivity index (χ0n) is 15.1. The number of amides is 1. The molecule has 2 heterocycles. The SMILES string of the molecule is COc1c(C(=O)N2C[C@@H](C)O[C@H](C)C2)nnn1Cc1ccc(C)cc1. The molecule has 1 amide bonds. The fourth-order valence-electron chi connectivity index (χ4n) is 3.10. The Morgan fingerprint density at radius 3 is 2.48 bits per heavy atom. The monoisotopic (exact) mass is 344 g/mol. The van der Waals surface area contributed by atoms with E-state index in [1.54, 1.807) is 9.58 Å². The molecule has 3 rings (SSSR count). The van der Waals surface area contributed by atoms with E-state index in [2.05, 4.69) is 10.3 Å². The quantitative estimate of drug-likeness (QED) is 0.847. The number of hydrogen-bond donors (Lipinski definition) is 0. The average Bonchev–Trinajstić information content (AvgIpc) is 2.98. The third kappa shape index (κ3) is 3.82. The molecule has 2 atom stereocenters. The summed E-state index contributed by atoms with van der Waals surface area (Å²) in [7, 11) is 1.53. The second-order valence-electron chi connectivity index (χ2n) is 6.56. The van der Waals surface area contributed by atoms with Crippen molar-refractivity contribution in [2.45, 2.75) is 39.5 Å². The number of aromatic nitrogens is 3. The molecule has 0 radical (unpaired) electrons. The maximum Gasteiger partial charge on any atom is 0.280 e. The van der Waals surface area contributed by atoms with Crippen molar-refractivity contribution in [3.8, 4) is 5.88 Å². The molecule has 2 aromatic rings. The summed E-state index contributed by atoms with van der Waals surface area (Å²) in [4.78, 5) is 14.6. The minimum Gasteiger partial charge on any atom is -0.479 e. The molecule has 0 spiro atoms. The molecule has 1 aromatic carbocycles. The zero-order valence-corrected chi connectivity index (χ0v) is 15.1. The lowest BCUT2D eigenvalue weighted by Gasteiger charge is -2.34. The van der Waals surface area contributed by atoms with Crippen LogP contribution < -0.4 is 4.74 Å². The molecule has 1 aromatic heterocycles. The van der Waals surface area contributed by atoms with Crippen LogP contribution in [0.3, 0.4) is 0 Å². The normalized spacial score (nSPS) is 20.6. The largest absolute Gasteiger partial charge is 0.479 e. The molecule has 1 aliphatic rings. The van der Waals surface area contributed by atoms with E-state index in [0.29, 0.717) is 25.5 Å². The Morgan fingerprint density at radius 1 is 1.24 bits per heavy atom. The van der Waals surface area contributed by atoms with Crippen LogP contribution >= 0.6 is 0 Å². The number of methoxy groups -OCH3 is 1. The first-order valence-electron chi connectivity index (χ1n) is 8.45. The van der Waals surface area contributed by atoms with Gasteiger partial charge in [0.05, 0.1) is 25.9 Å².